The highest BCUT2D eigenvalue weighted by atomic mass is 19.4. The number of nitrogens with zero attached hydrogens (tertiary/aromatic N) is 3. The van der Waals surface area contributed by atoms with E-state index in [4.69, 9.17) is 0 Å². The molecular formula is C28H30F7N3O2. The Balaban J connectivity index is 1.63. The van der Waals surface area contributed by atoms with Gasteiger partial charge in [0.1, 0.15) is 5.82 Å². The standard InChI is InChI=1S/C28H30F7N3O2/c1-36(22-13-19(27(30,31)32)12-20(14-22)28(33,34)35)26(40)37(2)24-16-38(25(39)18-6-4-3-5-7-18)15-23(24)17-8-10-21(29)11-9-17/h8-14,18,23-24H,3-7,15-16H2,1-2H3/t23-,24+/m0/s1. The molecule has 1 saturated heterocycles. The van der Waals surface area contributed by atoms with E-state index in [0.29, 0.717) is 17.7 Å². The van der Waals surface area contributed by atoms with E-state index in [9.17, 15) is 40.3 Å². The van der Waals surface area contributed by atoms with Crippen molar-refractivity contribution in [3.05, 3.63) is 65.0 Å². The van der Waals surface area contributed by atoms with Crippen LogP contribution in [0.25, 0.3) is 0 Å². The van der Waals surface area contributed by atoms with E-state index in [0.717, 1.165) is 44.1 Å². The molecule has 2 fully saturated rings. The molecule has 2 aromatic rings. The summed E-state index contributed by atoms with van der Waals surface area (Å²) >= 11 is 0. The summed E-state index contributed by atoms with van der Waals surface area (Å²) in [6.45, 7) is 0.374. The van der Waals surface area contributed by atoms with Gasteiger partial charge in [0, 0.05) is 44.7 Å². The molecule has 0 bridgehead atoms. The molecular weight excluding hydrogens is 543 g/mol. The first-order chi connectivity index (χ1) is 18.7. The number of carbonyl (C=O) groups is 2. The lowest BCUT2D eigenvalue weighted by atomic mass is 9.88. The average Bonchev–Trinajstić information content (AvgIpc) is 3.36. The van der Waals surface area contributed by atoms with Crippen LogP contribution < -0.4 is 4.90 Å². The Morgan fingerprint density at radius 1 is 0.825 bits per heavy atom. The fraction of sp³-hybridized carbons (Fsp3) is 0.500. The lowest BCUT2D eigenvalue weighted by Crippen LogP contribution is -2.48. The summed E-state index contributed by atoms with van der Waals surface area (Å²) in [6.07, 6.45) is -5.68. The minimum absolute atomic E-state index is 0.00180. The molecule has 5 nitrogen and oxygen atoms in total. The molecule has 0 aromatic heterocycles. The van der Waals surface area contributed by atoms with Crippen LogP contribution >= 0.6 is 0 Å². The number of likely N-dealkylation sites (tertiary alicyclic amines) is 1. The number of hydrogen-bond donors (Lipinski definition) is 0. The van der Waals surface area contributed by atoms with Gasteiger partial charge in [-0.05, 0) is 48.7 Å². The van der Waals surface area contributed by atoms with Crippen LogP contribution in [0.4, 0.5) is 41.2 Å². The molecule has 1 aliphatic carbocycles. The fourth-order valence-corrected chi connectivity index (χ4v) is 5.63. The first-order valence-electron chi connectivity index (χ1n) is 13.0. The van der Waals surface area contributed by atoms with E-state index in [1.807, 2.05) is 0 Å². The van der Waals surface area contributed by atoms with Crippen LogP contribution in [-0.4, -0.2) is 55.0 Å². The SMILES string of the molecule is CN(C(=O)N(C)[C@@H]1CN(C(=O)C2CCCCC2)C[C@H]1c1ccc(F)cc1)c1cc(C(F)(F)F)cc(C(F)(F)F)c1. The number of rotatable bonds is 4. The summed E-state index contributed by atoms with van der Waals surface area (Å²) in [5.74, 6) is -1.10. The van der Waals surface area contributed by atoms with Crippen molar-refractivity contribution in [2.75, 3.05) is 32.1 Å². The monoisotopic (exact) mass is 573 g/mol. The van der Waals surface area contributed by atoms with Gasteiger partial charge in [-0.1, -0.05) is 31.4 Å². The molecule has 1 aliphatic heterocycles. The smallest absolute Gasteiger partial charge is 0.340 e. The topological polar surface area (TPSA) is 43.9 Å². The summed E-state index contributed by atoms with van der Waals surface area (Å²) in [4.78, 5) is 30.4. The van der Waals surface area contributed by atoms with Crippen LogP contribution in [0.1, 0.15) is 54.7 Å². The zero-order valence-corrected chi connectivity index (χ0v) is 22.0. The van der Waals surface area contributed by atoms with E-state index in [1.54, 1.807) is 17.0 Å². The number of amides is 3. The number of alkyl halides is 6. The van der Waals surface area contributed by atoms with Crippen molar-refractivity contribution in [2.24, 2.45) is 5.92 Å². The normalized spacial score (nSPS) is 20.5. The Kier molecular flexibility index (Phi) is 8.37. The number of anilines is 1. The first kappa shape index (κ1) is 29.7. The zero-order chi connectivity index (χ0) is 29.4. The summed E-state index contributed by atoms with van der Waals surface area (Å²) in [7, 11) is 2.49. The number of carbonyl (C=O) groups excluding carboxylic acids is 2. The zero-order valence-electron chi connectivity index (χ0n) is 22.0. The lowest BCUT2D eigenvalue weighted by Gasteiger charge is -2.33. The van der Waals surface area contributed by atoms with Crippen LogP contribution in [0, 0.1) is 11.7 Å². The number of hydrogen-bond acceptors (Lipinski definition) is 2. The lowest BCUT2D eigenvalue weighted by molar-refractivity contribution is -0.143. The van der Waals surface area contributed by atoms with Gasteiger partial charge in [0.15, 0.2) is 0 Å². The maximum Gasteiger partial charge on any atom is 0.416 e. The van der Waals surface area contributed by atoms with Crippen LogP contribution in [0.5, 0.6) is 0 Å². The number of benzene rings is 2. The summed E-state index contributed by atoms with van der Waals surface area (Å²) in [5.41, 5.74) is -2.99. The number of likely N-dealkylation sites (N-methyl/N-ethyl adjacent to an activating group) is 1. The summed E-state index contributed by atoms with van der Waals surface area (Å²) in [5, 5.41) is 0. The van der Waals surface area contributed by atoms with Crippen LogP contribution in [0.3, 0.4) is 0 Å². The molecule has 0 radical (unpaired) electrons. The highest BCUT2D eigenvalue weighted by Crippen LogP contribution is 2.39. The van der Waals surface area contributed by atoms with Gasteiger partial charge >= 0.3 is 18.4 Å². The molecule has 4 rings (SSSR count). The first-order valence-corrected chi connectivity index (χ1v) is 13.0. The Morgan fingerprint density at radius 2 is 1.38 bits per heavy atom. The van der Waals surface area contributed by atoms with E-state index in [1.165, 1.54) is 24.1 Å². The van der Waals surface area contributed by atoms with Gasteiger partial charge in [-0.25, -0.2) is 9.18 Å². The fourth-order valence-electron chi connectivity index (χ4n) is 5.63. The molecule has 1 heterocycles. The Labute approximate surface area is 227 Å². The highest BCUT2D eigenvalue weighted by Gasteiger charge is 2.43. The van der Waals surface area contributed by atoms with Crippen LogP contribution in [0.2, 0.25) is 0 Å². The van der Waals surface area contributed by atoms with E-state index in [-0.39, 0.29) is 31.0 Å². The minimum atomic E-state index is -5.06. The van der Waals surface area contributed by atoms with Crippen LogP contribution in [0.15, 0.2) is 42.5 Å². The van der Waals surface area contributed by atoms with E-state index >= 15 is 0 Å². The third-order valence-electron chi connectivity index (χ3n) is 7.90. The van der Waals surface area contributed by atoms with Crippen LogP contribution in [-0.2, 0) is 17.1 Å². The van der Waals surface area contributed by atoms with E-state index < -0.39 is 53.0 Å². The Hall–Kier alpha value is -3.31. The highest BCUT2D eigenvalue weighted by molar-refractivity contribution is 5.92. The summed E-state index contributed by atoms with van der Waals surface area (Å²) in [6, 6.07) is 5.09. The third kappa shape index (κ3) is 6.36. The van der Waals surface area contributed by atoms with Gasteiger partial charge in [0.05, 0.1) is 17.2 Å². The van der Waals surface area contributed by atoms with Crippen molar-refractivity contribution in [1.82, 2.24) is 9.80 Å². The van der Waals surface area contributed by atoms with Gasteiger partial charge in [-0.3, -0.25) is 9.69 Å². The van der Waals surface area contributed by atoms with Crippen molar-refractivity contribution in [3.63, 3.8) is 0 Å². The second kappa shape index (κ2) is 11.3. The second-order valence-corrected chi connectivity index (χ2v) is 10.5. The molecule has 12 heteroatoms. The molecule has 2 atom stereocenters. The Bertz CT molecular complexity index is 1190. The maximum absolute atomic E-state index is 13.6. The number of halogens is 7. The molecule has 40 heavy (non-hydrogen) atoms. The van der Waals surface area contributed by atoms with Gasteiger partial charge in [-0.2, -0.15) is 26.3 Å². The van der Waals surface area contributed by atoms with Crippen molar-refractivity contribution in [2.45, 2.75) is 56.4 Å². The molecule has 0 unspecified atom stereocenters. The van der Waals surface area contributed by atoms with Crippen molar-refractivity contribution < 1.29 is 40.3 Å². The van der Waals surface area contributed by atoms with Crippen molar-refractivity contribution in [3.8, 4) is 0 Å². The van der Waals surface area contributed by atoms with Crippen molar-refractivity contribution in [1.29, 1.82) is 0 Å². The minimum Gasteiger partial charge on any atom is -0.340 e. The van der Waals surface area contributed by atoms with E-state index in [2.05, 4.69) is 0 Å². The molecule has 2 aromatic carbocycles. The Morgan fingerprint density at radius 3 is 1.90 bits per heavy atom. The predicted octanol–water partition coefficient (Wildman–Crippen LogP) is 6.93. The quantitative estimate of drug-likeness (QED) is 0.373. The molecule has 2 aliphatic rings. The third-order valence-corrected chi connectivity index (χ3v) is 7.90. The van der Waals surface area contributed by atoms with Gasteiger partial charge in [0.2, 0.25) is 5.91 Å². The van der Waals surface area contributed by atoms with Gasteiger partial charge in [-0.15, -0.1) is 0 Å². The molecule has 1 saturated carbocycles. The molecule has 0 spiro atoms. The second-order valence-electron chi connectivity index (χ2n) is 10.5. The van der Waals surface area contributed by atoms with Crippen molar-refractivity contribution >= 4 is 17.6 Å². The predicted molar refractivity (Wildman–Crippen MR) is 134 cm³/mol. The van der Waals surface area contributed by atoms with Gasteiger partial charge in [0.25, 0.3) is 0 Å². The molecule has 218 valence electrons. The van der Waals surface area contributed by atoms with Gasteiger partial charge < -0.3 is 9.80 Å². The summed E-state index contributed by atoms with van der Waals surface area (Å²) < 4.78 is 94.0. The molecule has 3 amide bonds. The maximum atomic E-state index is 13.6. The largest absolute Gasteiger partial charge is 0.416 e. The average molecular weight is 574 g/mol. The molecule has 0 N–H and O–H groups in total. The number of urea groups is 1.